The summed E-state index contributed by atoms with van der Waals surface area (Å²) in [7, 11) is 0. The van der Waals surface area contributed by atoms with Crippen molar-refractivity contribution in [3.8, 4) is 5.75 Å². The first-order valence-corrected chi connectivity index (χ1v) is 15.6. The normalized spacial score (nSPS) is 14.0. The molecule has 0 aliphatic heterocycles. The molecule has 5 atom stereocenters. The predicted octanol–water partition coefficient (Wildman–Crippen LogP) is -0.685. The molecule has 0 saturated carbocycles. The smallest absolute Gasteiger partial charge is 0.326 e. The number of benzene rings is 2. The van der Waals surface area contributed by atoms with Gasteiger partial charge in [0.05, 0.1) is 12.5 Å². The Morgan fingerprint density at radius 3 is 1.73 bits per heavy atom. The maximum atomic E-state index is 13.5. The van der Waals surface area contributed by atoms with E-state index in [1.807, 2.05) is 0 Å². The molecule has 0 aliphatic carbocycles. The molecule has 0 heterocycles. The van der Waals surface area contributed by atoms with Gasteiger partial charge in [-0.25, -0.2) is 4.79 Å². The van der Waals surface area contributed by atoms with Crippen LogP contribution in [-0.4, -0.2) is 87.0 Å². The third-order valence-corrected chi connectivity index (χ3v) is 7.29. The number of aromatic hydroxyl groups is 1. The van der Waals surface area contributed by atoms with E-state index in [1.54, 1.807) is 56.3 Å². The molecule has 0 spiro atoms. The molecule has 2 rings (SSSR count). The molecule has 0 unspecified atom stereocenters. The molecule has 0 aromatic heterocycles. The minimum atomic E-state index is -1.71. The lowest BCUT2D eigenvalue weighted by Gasteiger charge is -2.26. The number of hydrogen-bond donors (Lipinski definition) is 9. The Hall–Kier alpha value is -5.51. The molecular formula is C33H44N6O10. The van der Waals surface area contributed by atoms with Crippen LogP contribution in [-0.2, 0) is 46.4 Å². The van der Waals surface area contributed by atoms with Gasteiger partial charge in [-0.15, -0.1) is 0 Å². The van der Waals surface area contributed by atoms with Gasteiger partial charge in [0.15, 0.2) is 0 Å². The summed E-state index contributed by atoms with van der Waals surface area (Å²) < 4.78 is 0. The maximum absolute atomic E-state index is 13.5. The number of primary amides is 1. The summed E-state index contributed by atoms with van der Waals surface area (Å²) in [6.45, 7) is 3.57. The van der Waals surface area contributed by atoms with E-state index in [2.05, 4.69) is 21.3 Å². The van der Waals surface area contributed by atoms with E-state index in [0.29, 0.717) is 11.1 Å². The van der Waals surface area contributed by atoms with E-state index >= 15 is 0 Å². The molecule has 0 saturated heterocycles. The van der Waals surface area contributed by atoms with Gasteiger partial charge in [0, 0.05) is 12.8 Å². The van der Waals surface area contributed by atoms with Crippen molar-refractivity contribution in [3.63, 3.8) is 0 Å². The summed E-state index contributed by atoms with van der Waals surface area (Å²) in [4.78, 5) is 87.9. The molecule has 16 nitrogen and oxygen atoms in total. The number of carbonyl (C=O) groups is 7. The fourth-order valence-electron chi connectivity index (χ4n) is 4.76. The molecule has 0 radical (unpaired) electrons. The van der Waals surface area contributed by atoms with Crippen LogP contribution in [0.3, 0.4) is 0 Å². The molecule has 0 aliphatic rings. The quantitative estimate of drug-likeness (QED) is 0.0842. The Labute approximate surface area is 283 Å². The standard InChI is InChI=1S/C33H44N6O10/c1-18(2)14-24(37-29(44)22(34)15-20-8-10-21(40)11-9-20)30(45)39-26(17-28(42)43)32(47)38-25(16-19-6-4-3-5-7-19)31(46)36-23(33(48)49)12-13-27(35)41/h3-11,18,22-26,40H,12-17,34H2,1-2H3,(H2,35,41)(H,36,46)(H,37,44)(H,38,47)(H,39,45)(H,42,43)(H,48,49)/t22-,23-,24-,25-,26-/m0/s1. The zero-order chi connectivity index (χ0) is 36.7. The molecule has 2 aromatic carbocycles. The van der Waals surface area contributed by atoms with Gasteiger partial charge in [-0.1, -0.05) is 56.3 Å². The number of nitrogens with two attached hydrogens (primary N) is 2. The van der Waals surface area contributed by atoms with Crippen molar-refractivity contribution in [2.24, 2.45) is 17.4 Å². The highest BCUT2D eigenvalue weighted by molar-refractivity contribution is 5.97. The van der Waals surface area contributed by atoms with Crippen LogP contribution in [0.4, 0.5) is 0 Å². The minimum Gasteiger partial charge on any atom is -0.508 e. The molecule has 0 fully saturated rings. The minimum absolute atomic E-state index is 0.0343. The Kier molecular flexibility index (Phi) is 15.7. The average molecular weight is 685 g/mol. The molecule has 16 heteroatoms. The lowest BCUT2D eigenvalue weighted by Crippen LogP contribution is -2.59. The van der Waals surface area contributed by atoms with Gasteiger partial charge in [-0.2, -0.15) is 0 Å². The zero-order valence-corrected chi connectivity index (χ0v) is 27.3. The SMILES string of the molecule is CC(C)C[C@H](NC(=O)[C@@H](N)Cc1ccc(O)cc1)C(=O)N[C@@H](CC(=O)O)C(=O)N[C@@H](Cc1ccccc1)C(=O)N[C@@H](CCC(N)=O)C(=O)O. The fourth-order valence-corrected chi connectivity index (χ4v) is 4.76. The lowest BCUT2D eigenvalue weighted by molar-refractivity contribution is -0.143. The van der Waals surface area contributed by atoms with Crippen molar-refractivity contribution in [3.05, 3.63) is 65.7 Å². The van der Waals surface area contributed by atoms with Crippen molar-refractivity contribution < 1.29 is 48.9 Å². The zero-order valence-electron chi connectivity index (χ0n) is 27.3. The summed E-state index contributed by atoms with van der Waals surface area (Å²) in [6.07, 6.45) is -1.50. The molecule has 0 bridgehead atoms. The van der Waals surface area contributed by atoms with Crippen LogP contribution in [0, 0.1) is 5.92 Å². The van der Waals surface area contributed by atoms with Gasteiger partial charge in [0.1, 0.15) is 29.9 Å². The fraction of sp³-hybridized carbons (Fsp3) is 0.424. The highest BCUT2D eigenvalue weighted by Crippen LogP contribution is 2.12. The first-order chi connectivity index (χ1) is 23.0. The van der Waals surface area contributed by atoms with Crippen LogP contribution in [0.5, 0.6) is 5.75 Å². The van der Waals surface area contributed by atoms with Gasteiger partial charge in [-0.3, -0.25) is 28.8 Å². The van der Waals surface area contributed by atoms with Crippen LogP contribution in [0.2, 0.25) is 0 Å². The van der Waals surface area contributed by atoms with E-state index in [4.69, 9.17) is 11.5 Å². The van der Waals surface area contributed by atoms with Gasteiger partial charge < -0.3 is 48.1 Å². The summed E-state index contributed by atoms with van der Waals surface area (Å²) >= 11 is 0. The Balaban J connectivity index is 2.26. The number of carboxylic acids is 2. The number of phenolic OH excluding ortho intramolecular Hbond substituents is 1. The Bertz CT molecular complexity index is 1470. The van der Waals surface area contributed by atoms with E-state index in [1.165, 1.54) is 12.1 Å². The van der Waals surface area contributed by atoms with E-state index in [0.717, 1.165) is 0 Å². The predicted molar refractivity (Wildman–Crippen MR) is 175 cm³/mol. The van der Waals surface area contributed by atoms with Crippen LogP contribution >= 0.6 is 0 Å². The van der Waals surface area contributed by atoms with Gasteiger partial charge in [0.2, 0.25) is 29.5 Å². The molecule has 266 valence electrons. The first kappa shape index (κ1) is 39.7. The largest absolute Gasteiger partial charge is 0.508 e. The maximum Gasteiger partial charge on any atom is 0.326 e. The first-order valence-electron chi connectivity index (χ1n) is 15.6. The topological polar surface area (TPSA) is 280 Å². The van der Waals surface area contributed by atoms with Crippen LogP contribution in [0.1, 0.15) is 50.7 Å². The number of carbonyl (C=O) groups excluding carboxylic acids is 5. The van der Waals surface area contributed by atoms with Gasteiger partial charge in [0.25, 0.3) is 0 Å². The van der Waals surface area contributed by atoms with Crippen LogP contribution in [0.15, 0.2) is 54.6 Å². The van der Waals surface area contributed by atoms with Gasteiger partial charge >= 0.3 is 11.9 Å². The second kappa shape index (κ2) is 19.3. The highest BCUT2D eigenvalue weighted by atomic mass is 16.4. The lowest BCUT2D eigenvalue weighted by atomic mass is 10.0. The van der Waals surface area contributed by atoms with Crippen LogP contribution in [0.25, 0.3) is 0 Å². The molecule has 5 amide bonds. The van der Waals surface area contributed by atoms with E-state index < -0.39 is 78.1 Å². The van der Waals surface area contributed by atoms with Crippen molar-refractivity contribution in [1.82, 2.24) is 21.3 Å². The molecule has 11 N–H and O–H groups in total. The van der Waals surface area contributed by atoms with Crippen molar-refractivity contribution in [2.75, 3.05) is 0 Å². The third-order valence-electron chi connectivity index (χ3n) is 7.29. The second-order valence-corrected chi connectivity index (χ2v) is 12.0. The summed E-state index contributed by atoms with van der Waals surface area (Å²) in [5, 5.41) is 38.2. The van der Waals surface area contributed by atoms with Crippen LogP contribution < -0.4 is 32.7 Å². The van der Waals surface area contributed by atoms with E-state index in [9.17, 15) is 48.9 Å². The summed E-state index contributed by atoms with van der Waals surface area (Å²) in [5.74, 6) is -7.35. The average Bonchev–Trinajstić information content (AvgIpc) is 3.02. The second-order valence-electron chi connectivity index (χ2n) is 12.0. The summed E-state index contributed by atoms with van der Waals surface area (Å²) in [5.41, 5.74) is 12.4. The number of rotatable bonds is 20. The molecule has 49 heavy (non-hydrogen) atoms. The number of nitrogens with one attached hydrogen (secondary N) is 4. The van der Waals surface area contributed by atoms with Gasteiger partial charge in [-0.05, 0) is 48.4 Å². The number of aliphatic carboxylic acids is 2. The molecule has 2 aromatic rings. The Morgan fingerprint density at radius 1 is 0.673 bits per heavy atom. The number of phenols is 1. The number of hydrogen-bond acceptors (Lipinski definition) is 9. The number of carboxylic acid groups (broad SMARTS) is 2. The number of amides is 5. The Morgan fingerprint density at radius 2 is 1.18 bits per heavy atom. The van der Waals surface area contributed by atoms with Crippen molar-refractivity contribution in [2.45, 2.75) is 82.6 Å². The van der Waals surface area contributed by atoms with Crippen molar-refractivity contribution >= 4 is 41.5 Å². The van der Waals surface area contributed by atoms with E-state index in [-0.39, 0.29) is 43.8 Å². The van der Waals surface area contributed by atoms with Crippen molar-refractivity contribution in [1.29, 1.82) is 0 Å². The highest BCUT2D eigenvalue weighted by Gasteiger charge is 2.33. The third kappa shape index (κ3) is 14.4. The molecular weight excluding hydrogens is 640 g/mol. The monoisotopic (exact) mass is 684 g/mol. The summed E-state index contributed by atoms with van der Waals surface area (Å²) in [6, 6.07) is 7.45.